The summed E-state index contributed by atoms with van der Waals surface area (Å²) in [5, 5.41) is 14.0. The Balaban J connectivity index is 2.46. The number of aryl methyl sites for hydroxylation is 1. The summed E-state index contributed by atoms with van der Waals surface area (Å²) in [4.78, 5) is 0. The van der Waals surface area contributed by atoms with Gasteiger partial charge in [0.05, 0.1) is 18.6 Å². The Bertz CT molecular complexity index is 700. The minimum absolute atomic E-state index is 0.337. The van der Waals surface area contributed by atoms with E-state index in [1.54, 1.807) is 0 Å². The van der Waals surface area contributed by atoms with Gasteiger partial charge in [0, 0.05) is 11.6 Å². The predicted molar refractivity (Wildman–Crippen MR) is 112 cm³/mol. The maximum Gasteiger partial charge on any atom is 0.423 e. The normalized spacial score (nSPS) is 11.1. The number of para-hydroxylation sites is 1. The van der Waals surface area contributed by atoms with Crippen molar-refractivity contribution >= 4 is 10.9 Å². The van der Waals surface area contributed by atoms with Crippen LogP contribution in [0.3, 0.4) is 0 Å². The van der Waals surface area contributed by atoms with Gasteiger partial charge in [0.1, 0.15) is 0 Å². The summed E-state index contributed by atoms with van der Waals surface area (Å²) in [5.74, 6) is 0.994. The summed E-state index contributed by atoms with van der Waals surface area (Å²) < 4.78 is 13.0. The molecular weight excluding hydrogens is 338 g/mol. The summed E-state index contributed by atoms with van der Waals surface area (Å²) in [6.45, 7) is 7.63. The molecule has 0 unspecified atom stereocenters. The van der Waals surface area contributed by atoms with Crippen LogP contribution in [0.15, 0.2) is 24.3 Å². The van der Waals surface area contributed by atoms with E-state index in [0.29, 0.717) is 30.4 Å². The molecule has 4 heteroatoms. The first-order chi connectivity index (χ1) is 13.2. The molecule has 0 saturated carbocycles. The van der Waals surface area contributed by atoms with Crippen molar-refractivity contribution in [2.24, 2.45) is 0 Å². The fourth-order valence-corrected chi connectivity index (χ4v) is 3.24. The Kier molecular flexibility index (Phi) is 9.23. The highest BCUT2D eigenvalue weighted by Crippen LogP contribution is 2.35. The van der Waals surface area contributed by atoms with Gasteiger partial charge in [-0.1, -0.05) is 65.0 Å². The Morgan fingerprint density at radius 2 is 1.48 bits per heavy atom. The van der Waals surface area contributed by atoms with E-state index < -0.39 is 0 Å². The lowest BCUT2D eigenvalue weighted by atomic mass is 10.0. The van der Waals surface area contributed by atoms with Crippen molar-refractivity contribution in [3.05, 3.63) is 35.0 Å². The molecule has 4 nitrogen and oxygen atoms in total. The van der Waals surface area contributed by atoms with Crippen molar-refractivity contribution in [1.29, 1.82) is 0 Å². The molecule has 2 aromatic rings. The first-order valence-corrected chi connectivity index (χ1v) is 10.7. The van der Waals surface area contributed by atoms with Crippen LogP contribution in [0.2, 0.25) is 0 Å². The van der Waals surface area contributed by atoms with Crippen LogP contribution >= 0.6 is 0 Å². The van der Waals surface area contributed by atoms with Crippen molar-refractivity contribution in [3.63, 3.8) is 0 Å². The fourth-order valence-electron chi connectivity index (χ4n) is 3.24. The maximum atomic E-state index is 13.0. The molecule has 27 heavy (non-hydrogen) atoms. The highest BCUT2D eigenvalue weighted by atomic mass is 16.6. The van der Waals surface area contributed by atoms with Crippen LogP contribution in [0.1, 0.15) is 77.7 Å². The molecule has 1 heterocycles. The smallest absolute Gasteiger partial charge is 0.423 e. The van der Waals surface area contributed by atoms with Gasteiger partial charge >= 0.3 is 5.88 Å². The molecule has 0 aliphatic heterocycles. The lowest BCUT2D eigenvalue weighted by Crippen LogP contribution is -2.32. The zero-order valence-electron chi connectivity index (χ0n) is 17.3. The highest BCUT2D eigenvalue weighted by Gasteiger charge is 2.26. The Morgan fingerprint density at radius 1 is 0.815 bits per heavy atom. The molecule has 0 atom stereocenters. The minimum atomic E-state index is 0.337. The number of unbranched alkanes of at least 4 members (excludes halogenated alkanes) is 5. The first-order valence-electron chi connectivity index (χ1n) is 10.7. The molecule has 0 N–H and O–H groups in total. The number of aromatic nitrogens is 1. The standard InChI is InChI=1S/C23H35NO3/c1-4-7-10-11-15-20-19-14-12-13-16-21(19)24(25)23(27-18-9-6-3)22(20)26-17-8-5-2/h12-14,16H,4-11,15,17-18H2,1-3H3. The monoisotopic (exact) mass is 373 g/mol. The van der Waals surface area contributed by atoms with E-state index in [4.69, 9.17) is 9.47 Å². The Hall–Kier alpha value is -1.97. The topological polar surface area (TPSA) is 45.4 Å². The molecule has 1 aromatic heterocycles. The van der Waals surface area contributed by atoms with Gasteiger partial charge in [-0.05, 0) is 31.7 Å². The van der Waals surface area contributed by atoms with Crippen molar-refractivity contribution < 1.29 is 14.2 Å². The summed E-state index contributed by atoms with van der Waals surface area (Å²) in [6, 6.07) is 7.80. The molecule has 2 rings (SSSR count). The Morgan fingerprint density at radius 3 is 2.19 bits per heavy atom. The van der Waals surface area contributed by atoms with Gasteiger partial charge in [0.2, 0.25) is 11.3 Å². The van der Waals surface area contributed by atoms with E-state index in [0.717, 1.165) is 54.2 Å². The van der Waals surface area contributed by atoms with Gasteiger partial charge < -0.3 is 14.7 Å². The van der Waals surface area contributed by atoms with E-state index in [1.165, 1.54) is 19.3 Å². The van der Waals surface area contributed by atoms with E-state index in [2.05, 4.69) is 20.8 Å². The van der Waals surface area contributed by atoms with Crippen molar-refractivity contribution in [2.75, 3.05) is 13.2 Å². The molecular formula is C23H35NO3. The van der Waals surface area contributed by atoms with Crippen LogP contribution in [0.5, 0.6) is 11.6 Å². The van der Waals surface area contributed by atoms with Crippen LogP contribution < -0.4 is 14.2 Å². The van der Waals surface area contributed by atoms with Crippen molar-refractivity contribution in [1.82, 2.24) is 0 Å². The van der Waals surface area contributed by atoms with Gasteiger partial charge in [-0.3, -0.25) is 0 Å². The van der Waals surface area contributed by atoms with Crippen LogP contribution in [0, 0.1) is 5.21 Å². The molecule has 0 amide bonds. The number of pyridine rings is 1. The number of hydrogen-bond acceptors (Lipinski definition) is 3. The second-order valence-corrected chi connectivity index (χ2v) is 7.14. The van der Waals surface area contributed by atoms with Gasteiger partial charge in [0.15, 0.2) is 0 Å². The molecule has 0 aliphatic carbocycles. The number of nitrogens with zero attached hydrogens (tertiary/aromatic N) is 1. The third-order valence-corrected chi connectivity index (χ3v) is 4.86. The van der Waals surface area contributed by atoms with Crippen LogP contribution in [0.4, 0.5) is 0 Å². The average molecular weight is 374 g/mol. The Labute approximate surface area is 164 Å². The maximum absolute atomic E-state index is 13.0. The van der Waals surface area contributed by atoms with Gasteiger partial charge in [-0.25, -0.2) is 0 Å². The molecule has 0 fully saturated rings. The number of rotatable bonds is 13. The fraction of sp³-hybridized carbons (Fsp3) is 0.609. The van der Waals surface area contributed by atoms with E-state index in [-0.39, 0.29) is 0 Å². The van der Waals surface area contributed by atoms with Gasteiger partial charge in [-0.15, -0.1) is 4.73 Å². The average Bonchev–Trinajstić information content (AvgIpc) is 2.69. The lowest BCUT2D eigenvalue weighted by molar-refractivity contribution is -0.585. The number of fused-ring (bicyclic) bond motifs is 1. The molecule has 0 spiro atoms. The number of hydrogen-bond donors (Lipinski definition) is 0. The predicted octanol–water partition coefficient (Wildman–Crippen LogP) is 5.95. The molecule has 150 valence electrons. The number of ether oxygens (including phenoxy) is 2. The minimum Gasteiger partial charge on any atom is -0.615 e. The second kappa shape index (κ2) is 11.7. The lowest BCUT2D eigenvalue weighted by Gasteiger charge is -2.18. The summed E-state index contributed by atoms with van der Waals surface area (Å²) in [6.07, 6.45) is 9.62. The van der Waals surface area contributed by atoms with Gasteiger partial charge in [-0.2, -0.15) is 0 Å². The van der Waals surface area contributed by atoms with E-state index in [9.17, 15) is 5.21 Å². The van der Waals surface area contributed by atoms with E-state index in [1.807, 2.05) is 24.3 Å². The third-order valence-electron chi connectivity index (χ3n) is 4.86. The second-order valence-electron chi connectivity index (χ2n) is 7.14. The molecule has 0 aliphatic rings. The molecule has 1 aromatic carbocycles. The SMILES string of the molecule is CCCCCCc1c(OCCCC)c(OCCCC)[n+]([O-])c2ccccc12. The van der Waals surface area contributed by atoms with Crippen LogP contribution in [0.25, 0.3) is 10.9 Å². The largest absolute Gasteiger partial charge is 0.615 e. The van der Waals surface area contributed by atoms with Crippen LogP contribution in [-0.4, -0.2) is 13.2 Å². The molecule has 0 radical (unpaired) electrons. The summed E-state index contributed by atoms with van der Waals surface area (Å²) >= 11 is 0. The van der Waals surface area contributed by atoms with Crippen molar-refractivity contribution in [3.8, 4) is 11.6 Å². The number of benzene rings is 1. The highest BCUT2D eigenvalue weighted by molar-refractivity contribution is 5.82. The molecule has 0 bridgehead atoms. The summed E-state index contributed by atoms with van der Waals surface area (Å²) in [5.41, 5.74) is 1.79. The summed E-state index contributed by atoms with van der Waals surface area (Å²) in [7, 11) is 0. The van der Waals surface area contributed by atoms with Gasteiger partial charge in [0.25, 0.3) is 0 Å². The van der Waals surface area contributed by atoms with Crippen molar-refractivity contribution in [2.45, 2.75) is 78.6 Å². The third kappa shape index (κ3) is 5.75. The zero-order valence-corrected chi connectivity index (χ0v) is 17.3. The zero-order chi connectivity index (χ0) is 19.5. The molecule has 0 saturated heterocycles. The van der Waals surface area contributed by atoms with E-state index >= 15 is 0 Å². The van der Waals surface area contributed by atoms with Crippen LogP contribution in [-0.2, 0) is 6.42 Å². The quantitative estimate of drug-likeness (QED) is 0.247. The first kappa shape index (κ1) is 21.3.